The van der Waals surface area contributed by atoms with Crippen LogP contribution in [0.1, 0.15) is 88.8 Å². The summed E-state index contributed by atoms with van der Waals surface area (Å²) in [5.74, 6) is 1.19. The lowest BCUT2D eigenvalue weighted by molar-refractivity contribution is 0.364. The molecule has 0 nitrogen and oxygen atoms in total. The first-order valence-electron chi connectivity index (χ1n) is 12.9. The molecule has 0 saturated heterocycles. The topological polar surface area (TPSA) is 0 Å². The van der Waals surface area contributed by atoms with Gasteiger partial charge in [0.15, 0.2) is 0 Å². The fourth-order valence-corrected chi connectivity index (χ4v) is 4.91. The van der Waals surface area contributed by atoms with Gasteiger partial charge in [0.05, 0.1) is 0 Å². The fraction of sp³-hybridized carbons (Fsp3) is 0.353. The van der Waals surface area contributed by atoms with Gasteiger partial charge in [-0.25, -0.2) is 0 Å². The number of benzene rings is 1. The monoisotopic (exact) mass is 450 g/mol. The van der Waals surface area contributed by atoms with Crippen LogP contribution in [0.25, 0.3) is 11.1 Å². The van der Waals surface area contributed by atoms with Crippen molar-refractivity contribution in [1.29, 1.82) is 0 Å². The molecule has 0 aromatic heterocycles. The molecule has 1 fully saturated rings. The van der Waals surface area contributed by atoms with Crippen LogP contribution in [0.5, 0.6) is 0 Å². The molecule has 3 rings (SSSR count). The Morgan fingerprint density at radius 2 is 1.94 bits per heavy atom. The van der Waals surface area contributed by atoms with E-state index in [1.54, 1.807) is 5.57 Å². The van der Waals surface area contributed by atoms with Crippen molar-refractivity contribution in [3.63, 3.8) is 0 Å². The van der Waals surface area contributed by atoms with Crippen molar-refractivity contribution in [2.75, 3.05) is 0 Å². The zero-order valence-electron chi connectivity index (χ0n) is 21.8. The van der Waals surface area contributed by atoms with Crippen LogP contribution in [0.2, 0.25) is 0 Å². The lowest BCUT2D eigenvalue weighted by atomic mass is 9.76. The van der Waals surface area contributed by atoms with Gasteiger partial charge in [-0.05, 0) is 103 Å². The summed E-state index contributed by atoms with van der Waals surface area (Å²) in [5.41, 5.74) is 12.1. The molecule has 2 aliphatic carbocycles. The van der Waals surface area contributed by atoms with Gasteiger partial charge >= 0.3 is 0 Å². The molecule has 0 amide bonds. The molecule has 0 spiro atoms. The van der Waals surface area contributed by atoms with Crippen LogP contribution in [0.15, 0.2) is 103 Å². The van der Waals surface area contributed by atoms with Crippen LogP contribution in [0.4, 0.5) is 0 Å². The van der Waals surface area contributed by atoms with Gasteiger partial charge in [0, 0.05) is 0 Å². The second kappa shape index (κ2) is 12.0. The number of allylic oxidation sites excluding steroid dienone is 13. The van der Waals surface area contributed by atoms with Crippen LogP contribution in [-0.2, 0) is 0 Å². The summed E-state index contributed by atoms with van der Waals surface area (Å²) < 4.78 is 0. The second-order valence-corrected chi connectivity index (χ2v) is 9.97. The van der Waals surface area contributed by atoms with Gasteiger partial charge in [-0.3, -0.25) is 0 Å². The molecule has 0 N–H and O–H groups in total. The molecule has 1 unspecified atom stereocenters. The molecule has 2 aliphatic rings. The fourth-order valence-electron chi connectivity index (χ4n) is 4.91. The third-order valence-corrected chi connectivity index (χ3v) is 7.50. The van der Waals surface area contributed by atoms with Gasteiger partial charge in [-0.15, -0.1) is 0 Å². The first kappa shape index (κ1) is 25.8. The van der Waals surface area contributed by atoms with Gasteiger partial charge in [0.25, 0.3) is 0 Å². The van der Waals surface area contributed by atoms with Crippen molar-refractivity contribution < 1.29 is 0 Å². The molecule has 0 aliphatic heterocycles. The van der Waals surface area contributed by atoms with Gasteiger partial charge in [-0.2, -0.15) is 0 Å². The zero-order chi connectivity index (χ0) is 24.7. The third-order valence-electron chi connectivity index (χ3n) is 7.50. The molecule has 1 atom stereocenters. The quantitative estimate of drug-likeness (QED) is 0.311. The maximum atomic E-state index is 4.44. The highest BCUT2D eigenvalue weighted by atomic mass is 14.3. The molecular formula is C34H42. The predicted octanol–water partition coefficient (Wildman–Crippen LogP) is 10.3. The Balaban J connectivity index is 1.90. The molecule has 178 valence electrons. The standard InChI is InChI=1S/C34H42/c1-8-12-28(10-3)26(6)16-17-27(7)33-20-19-31(23-34(33)25(5)9-2)30-18-15-24(4)21-32(22-30)29-13-11-14-29/h8,10,12,15-16,18-21,23,27,29H,1,3,5,9,11,13-14,17,22H2,2,4,6-7H3. The zero-order valence-corrected chi connectivity index (χ0v) is 21.8. The molecule has 0 heteroatoms. The maximum absolute atomic E-state index is 4.44. The highest BCUT2D eigenvalue weighted by molar-refractivity contribution is 5.76. The number of hydrogen-bond donors (Lipinski definition) is 0. The van der Waals surface area contributed by atoms with E-state index in [2.05, 4.69) is 89.9 Å². The Labute approximate surface area is 208 Å². The Morgan fingerprint density at radius 3 is 2.56 bits per heavy atom. The Hall–Kier alpha value is -2.86. The summed E-state index contributed by atoms with van der Waals surface area (Å²) in [6.07, 6.45) is 22.2. The first-order valence-corrected chi connectivity index (χ1v) is 12.9. The molecular weight excluding hydrogens is 408 g/mol. The molecule has 1 saturated carbocycles. The minimum atomic E-state index is 0.410. The highest BCUT2D eigenvalue weighted by Gasteiger charge is 2.24. The minimum Gasteiger partial charge on any atom is -0.0990 e. The van der Waals surface area contributed by atoms with Crippen molar-refractivity contribution in [3.8, 4) is 0 Å². The Morgan fingerprint density at radius 1 is 1.18 bits per heavy atom. The van der Waals surface area contributed by atoms with Gasteiger partial charge in [0.2, 0.25) is 0 Å². The normalized spacial score (nSPS) is 18.2. The number of hydrogen-bond acceptors (Lipinski definition) is 0. The summed E-state index contributed by atoms with van der Waals surface area (Å²) >= 11 is 0. The lowest BCUT2D eigenvalue weighted by Gasteiger charge is -2.29. The molecule has 0 bridgehead atoms. The molecule has 34 heavy (non-hydrogen) atoms. The minimum absolute atomic E-state index is 0.410. The van der Waals surface area contributed by atoms with Crippen molar-refractivity contribution >= 4 is 11.1 Å². The van der Waals surface area contributed by atoms with E-state index in [-0.39, 0.29) is 0 Å². The van der Waals surface area contributed by atoms with E-state index in [9.17, 15) is 0 Å². The van der Waals surface area contributed by atoms with Crippen molar-refractivity contribution in [1.82, 2.24) is 0 Å². The van der Waals surface area contributed by atoms with E-state index in [0.717, 1.165) is 30.8 Å². The molecule has 0 radical (unpaired) electrons. The smallest absolute Gasteiger partial charge is 0.00552 e. The molecule has 0 heterocycles. The van der Waals surface area contributed by atoms with Crippen molar-refractivity contribution in [2.45, 2.75) is 72.1 Å². The number of rotatable bonds is 10. The van der Waals surface area contributed by atoms with Crippen LogP contribution in [0, 0.1) is 5.92 Å². The SMILES string of the molecule is C=CC=C(C=C)C(C)=CCC(C)c1ccc(C2=CC=C(C)C=C(C3CCC3)C2)cc1C(=C)CC. The van der Waals surface area contributed by atoms with E-state index in [4.69, 9.17) is 0 Å². The lowest BCUT2D eigenvalue weighted by Crippen LogP contribution is -2.14. The highest BCUT2D eigenvalue weighted by Crippen LogP contribution is 2.40. The predicted molar refractivity (Wildman–Crippen MR) is 153 cm³/mol. The third kappa shape index (κ3) is 6.17. The van der Waals surface area contributed by atoms with Crippen LogP contribution in [-0.4, -0.2) is 0 Å². The Kier molecular flexibility index (Phi) is 9.11. The second-order valence-electron chi connectivity index (χ2n) is 9.97. The van der Waals surface area contributed by atoms with Gasteiger partial charge in [-0.1, -0.05) is 106 Å². The van der Waals surface area contributed by atoms with E-state index in [1.807, 2.05) is 18.2 Å². The van der Waals surface area contributed by atoms with Crippen molar-refractivity contribution in [2.24, 2.45) is 5.92 Å². The summed E-state index contributed by atoms with van der Waals surface area (Å²) in [4.78, 5) is 0. The van der Waals surface area contributed by atoms with E-state index in [0.29, 0.717) is 5.92 Å². The van der Waals surface area contributed by atoms with Crippen molar-refractivity contribution in [3.05, 3.63) is 119 Å². The first-order chi connectivity index (χ1) is 16.4. The van der Waals surface area contributed by atoms with E-state index >= 15 is 0 Å². The summed E-state index contributed by atoms with van der Waals surface area (Å²) in [6, 6.07) is 7.09. The largest absolute Gasteiger partial charge is 0.0990 e. The molecule has 1 aromatic carbocycles. The summed E-state index contributed by atoms with van der Waals surface area (Å²) in [5, 5.41) is 0. The van der Waals surface area contributed by atoms with Crippen LogP contribution < -0.4 is 0 Å². The molecule has 1 aromatic rings. The van der Waals surface area contributed by atoms with Gasteiger partial charge in [0.1, 0.15) is 0 Å². The van der Waals surface area contributed by atoms with Crippen LogP contribution in [0.3, 0.4) is 0 Å². The average Bonchev–Trinajstić information content (AvgIpc) is 2.99. The summed E-state index contributed by atoms with van der Waals surface area (Å²) in [6.45, 7) is 21.1. The Bertz CT molecular complexity index is 1090. The van der Waals surface area contributed by atoms with E-state index < -0.39 is 0 Å². The van der Waals surface area contributed by atoms with Crippen LogP contribution >= 0.6 is 0 Å². The van der Waals surface area contributed by atoms with Gasteiger partial charge < -0.3 is 0 Å². The maximum Gasteiger partial charge on any atom is -0.00552 e. The van der Waals surface area contributed by atoms with E-state index in [1.165, 1.54) is 58.2 Å². The average molecular weight is 451 g/mol. The summed E-state index contributed by atoms with van der Waals surface area (Å²) in [7, 11) is 0.